The van der Waals surface area contributed by atoms with Crippen LogP contribution in [0.25, 0.3) is 0 Å². The molecule has 2 aromatic carbocycles. The Labute approximate surface area is 168 Å². The molecule has 0 saturated heterocycles. The zero-order valence-electron chi connectivity index (χ0n) is 17.1. The number of esters is 1. The van der Waals surface area contributed by atoms with Crippen molar-refractivity contribution in [3.8, 4) is 0 Å². The summed E-state index contributed by atoms with van der Waals surface area (Å²) in [6.07, 6.45) is 0.373. The lowest BCUT2D eigenvalue weighted by Gasteiger charge is -2.43. The van der Waals surface area contributed by atoms with Crippen LogP contribution in [0.1, 0.15) is 34.1 Å². The lowest BCUT2D eigenvalue weighted by molar-refractivity contribution is -0.143. The van der Waals surface area contributed by atoms with E-state index in [1.54, 1.807) is 0 Å². The Morgan fingerprint density at radius 1 is 1.07 bits per heavy atom. The Balaban J connectivity index is 1.91. The van der Waals surface area contributed by atoms with Crippen LogP contribution in [0.2, 0.25) is 5.04 Å². The second-order valence-corrected chi connectivity index (χ2v) is 13.0. The van der Waals surface area contributed by atoms with Crippen LogP contribution in [-0.4, -0.2) is 33.2 Å². The molecule has 0 aliphatic heterocycles. The van der Waals surface area contributed by atoms with Crippen LogP contribution in [0.15, 0.2) is 60.7 Å². The highest BCUT2D eigenvalue weighted by atomic mass is 28.4. The van der Waals surface area contributed by atoms with E-state index in [4.69, 9.17) is 9.16 Å². The third kappa shape index (κ3) is 4.05. The summed E-state index contributed by atoms with van der Waals surface area (Å²) in [5, 5.41) is 2.22. The maximum absolute atomic E-state index is 14.9. The van der Waals surface area contributed by atoms with E-state index >= 15 is 0 Å². The second-order valence-electron chi connectivity index (χ2n) is 8.69. The molecule has 1 aliphatic rings. The van der Waals surface area contributed by atoms with Crippen LogP contribution in [-0.2, 0) is 14.0 Å². The third-order valence-corrected chi connectivity index (χ3v) is 10.6. The van der Waals surface area contributed by atoms with E-state index in [2.05, 4.69) is 45.0 Å². The van der Waals surface area contributed by atoms with Gasteiger partial charge in [0.25, 0.3) is 8.32 Å². The number of benzene rings is 2. The molecule has 1 aliphatic carbocycles. The van der Waals surface area contributed by atoms with E-state index in [1.165, 1.54) is 17.3 Å². The molecule has 5 heteroatoms. The van der Waals surface area contributed by atoms with Crippen molar-refractivity contribution in [2.24, 2.45) is 5.92 Å². The first-order valence-corrected chi connectivity index (χ1v) is 11.7. The molecule has 0 bridgehead atoms. The molecule has 0 aromatic heterocycles. The first-order valence-electron chi connectivity index (χ1n) is 9.76. The van der Waals surface area contributed by atoms with Gasteiger partial charge in [0.2, 0.25) is 0 Å². The Bertz CT molecular complexity index is 764. The maximum atomic E-state index is 14.9. The molecule has 3 rings (SSSR count). The average molecular weight is 401 g/mol. The monoisotopic (exact) mass is 400 g/mol. The highest BCUT2D eigenvalue weighted by Crippen LogP contribution is 2.49. The number of carbonyl (C=O) groups is 1. The fraction of sp³-hybridized carbons (Fsp3) is 0.435. The highest BCUT2D eigenvalue weighted by Gasteiger charge is 2.58. The number of hydrogen-bond donors (Lipinski definition) is 0. The molecule has 2 aromatic rings. The van der Waals surface area contributed by atoms with Crippen molar-refractivity contribution in [3.05, 3.63) is 60.7 Å². The van der Waals surface area contributed by atoms with Crippen molar-refractivity contribution < 1.29 is 18.3 Å². The Hall–Kier alpha value is -1.98. The molecule has 0 N–H and O–H groups in total. The molecule has 1 saturated carbocycles. The standard InChI is InChI=1S/C23H29FO3Si/c1-18(25)26-17-23(24)15-19(23)16-27-28(22(2,3)4,20-11-7-5-8-12-20)21-13-9-6-10-14-21/h5-14,19H,15-17H2,1-4H3. The lowest BCUT2D eigenvalue weighted by Crippen LogP contribution is -2.66. The van der Waals surface area contributed by atoms with Gasteiger partial charge in [0, 0.05) is 19.4 Å². The fourth-order valence-corrected chi connectivity index (χ4v) is 8.55. The summed E-state index contributed by atoms with van der Waals surface area (Å²) in [7, 11) is -2.65. The minimum absolute atomic E-state index is 0.139. The summed E-state index contributed by atoms with van der Waals surface area (Å²) in [6, 6.07) is 20.6. The van der Waals surface area contributed by atoms with Crippen LogP contribution < -0.4 is 10.4 Å². The molecule has 0 amide bonds. The van der Waals surface area contributed by atoms with Gasteiger partial charge in [0.05, 0.1) is 0 Å². The SMILES string of the molecule is CC(=O)OCC1(F)CC1CO[Si](c1ccccc1)(c1ccccc1)C(C)(C)C. The van der Waals surface area contributed by atoms with E-state index < -0.39 is 20.0 Å². The summed E-state index contributed by atoms with van der Waals surface area (Å²) >= 11 is 0. The van der Waals surface area contributed by atoms with Crippen molar-refractivity contribution in [1.29, 1.82) is 0 Å². The van der Waals surface area contributed by atoms with Crippen LogP contribution >= 0.6 is 0 Å². The van der Waals surface area contributed by atoms with Crippen molar-refractivity contribution >= 4 is 24.7 Å². The smallest absolute Gasteiger partial charge is 0.302 e. The van der Waals surface area contributed by atoms with Crippen LogP contribution in [0.3, 0.4) is 0 Å². The molecular weight excluding hydrogens is 371 g/mol. The molecule has 3 nitrogen and oxygen atoms in total. The van der Waals surface area contributed by atoms with Crippen LogP contribution in [0.5, 0.6) is 0 Å². The zero-order chi connectivity index (χ0) is 20.4. The number of halogens is 1. The molecule has 28 heavy (non-hydrogen) atoms. The highest BCUT2D eigenvalue weighted by molar-refractivity contribution is 6.99. The van der Waals surface area contributed by atoms with Gasteiger partial charge in [-0.05, 0) is 21.8 Å². The average Bonchev–Trinajstić information content (AvgIpc) is 3.32. The molecule has 0 radical (unpaired) electrons. The van der Waals surface area contributed by atoms with Crippen LogP contribution in [0, 0.1) is 5.92 Å². The Kier molecular flexibility index (Phi) is 5.78. The molecule has 0 heterocycles. The van der Waals surface area contributed by atoms with E-state index in [0.717, 1.165) is 0 Å². The predicted octanol–water partition coefficient (Wildman–Crippen LogP) is 3.85. The van der Waals surface area contributed by atoms with Gasteiger partial charge in [-0.2, -0.15) is 0 Å². The summed E-state index contributed by atoms with van der Waals surface area (Å²) in [5.41, 5.74) is -1.46. The predicted molar refractivity (Wildman–Crippen MR) is 112 cm³/mol. The van der Waals surface area contributed by atoms with Gasteiger partial charge in [-0.25, -0.2) is 4.39 Å². The van der Waals surface area contributed by atoms with Crippen molar-refractivity contribution in [2.45, 2.75) is 44.8 Å². The maximum Gasteiger partial charge on any atom is 0.302 e. The molecule has 150 valence electrons. The first kappa shape index (κ1) is 20.7. The molecule has 0 spiro atoms. The van der Waals surface area contributed by atoms with Gasteiger partial charge in [-0.1, -0.05) is 81.4 Å². The van der Waals surface area contributed by atoms with E-state index in [-0.39, 0.29) is 17.6 Å². The van der Waals surface area contributed by atoms with E-state index in [9.17, 15) is 9.18 Å². The topological polar surface area (TPSA) is 35.5 Å². The third-order valence-electron chi connectivity index (χ3n) is 5.59. The molecular formula is C23H29FO3Si. The van der Waals surface area contributed by atoms with Gasteiger partial charge in [0.15, 0.2) is 0 Å². The molecule has 2 atom stereocenters. The number of carbonyl (C=O) groups excluding carboxylic acids is 1. The van der Waals surface area contributed by atoms with Gasteiger partial charge >= 0.3 is 5.97 Å². The zero-order valence-corrected chi connectivity index (χ0v) is 18.1. The van der Waals surface area contributed by atoms with Gasteiger partial charge in [-0.3, -0.25) is 4.79 Å². The van der Waals surface area contributed by atoms with E-state index in [0.29, 0.717) is 13.0 Å². The quantitative estimate of drug-likeness (QED) is 0.523. The summed E-state index contributed by atoms with van der Waals surface area (Å²) < 4.78 is 26.5. The van der Waals surface area contributed by atoms with Crippen molar-refractivity contribution in [2.75, 3.05) is 13.2 Å². The van der Waals surface area contributed by atoms with E-state index in [1.807, 2.05) is 36.4 Å². The number of ether oxygens (including phenoxy) is 1. The largest absolute Gasteiger partial charge is 0.462 e. The Morgan fingerprint density at radius 2 is 1.57 bits per heavy atom. The van der Waals surface area contributed by atoms with Gasteiger partial charge in [0.1, 0.15) is 12.3 Å². The van der Waals surface area contributed by atoms with Crippen molar-refractivity contribution in [3.63, 3.8) is 0 Å². The minimum atomic E-state index is -2.65. The number of hydrogen-bond acceptors (Lipinski definition) is 3. The number of rotatable bonds is 7. The first-order chi connectivity index (χ1) is 13.2. The summed E-state index contributed by atoms with van der Waals surface area (Å²) in [6.45, 7) is 8.05. The van der Waals surface area contributed by atoms with Gasteiger partial charge in [-0.15, -0.1) is 0 Å². The minimum Gasteiger partial charge on any atom is -0.462 e. The summed E-state index contributed by atoms with van der Waals surface area (Å²) in [5.74, 6) is -0.691. The van der Waals surface area contributed by atoms with Crippen LogP contribution in [0.4, 0.5) is 4.39 Å². The number of alkyl halides is 1. The molecule has 2 unspecified atom stereocenters. The fourth-order valence-electron chi connectivity index (χ4n) is 3.94. The van der Waals surface area contributed by atoms with Crippen molar-refractivity contribution in [1.82, 2.24) is 0 Å². The normalized spacial score (nSPS) is 22.0. The van der Waals surface area contributed by atoms with Gasteiger partial charge < -0.3 is 9.16 Å². The second kappa shape index (κ2) is 7.80. The summed E-state index contributed by atoms with van der Waals surface area (Å²) in [4.78, 5) is 11.0. The Morgan fingerprint density at radius 3 is 2.00 bits per heavy atom. The molecule has 1 fully saturated rings. The lowest BCUT2D eigenvalue weighted by atomic mass is 10.2.